The molecule has 0 radical (unpaired) electrons. The van der Waals surface area contributed by atoms with Gasteiger partial charge in [0.25, 0.3) is 0 Å². The molecule has 0 aromatic heterocycles. The Kier molecular flexibility index (Phi) is 6.57. The van der Waals surface area contributed by atoms with E-state index >= 15 is 0 Å². The van der Waals surface area contributed by atoms with Gasteiger partial charge in [-0.2, -0.15) is 0 Å². The van der Waals surface area contributed by atoms with Gasteiger partial charge in [0.2, 0.25) is 0 Å². The molecule has 0 aromatic rings. The van der Waals surface area contributed by atoms with E-state index in [-0.39, 0.29) is 6.29 Å². The zero-order valence-electron chi connectivity index (χ0n) is 12.7. The number of ether oxygens (including phenoxy) is 2. The molecule has 1 rings (SSSR count). The Bertz CT molecular complexity index is 232. The number of rotatable bonds is 7. The van der Waals surface area contributed by atoms with Crippen LogP contribution in [0.2, 0.25) is 0 Å². The first-order valence-electron chi connectivity index (χ1n) is 6.98. The van der Waals surface area contributed by atoms with Gasteiger partial charge < -0.3 is 19.7 Å². The van der Waals surface area contributed by atoms with Crippen molar-refractivity contribution in [3.63, 3.8) is 0 Å². The smallest absolute Gasteiger partial charge is 0.169 e. The van der Waals surface area contributed by atoms with Crippen molar-refractivity contribution in [3.05, 3.63) is 0 Å². The molecule has 1 fully saturated rings. The number of hydrogen-bond donors (Lipinski definition) is 1. The van der Waals surface area contributed by atoms with Crippen LogP contribution in [0.3, 0.4) is 0 Å². The minimum Gasteiger partial charge on any atom is -0.355 e. The van der Waals surface area contributed by atoms with Crippen molar-refractivity contribution in [2.45, 2.75) is 44.4 Å². The Balaban J connectivity index is 2.47. The lowest BCUT2D eigenvalue weighted by atomic mass is 9.75. The first-order valence-corrected chi connectivity index (χ1v) is 6.98. The second-order valence-corrected chi connectivity index (χ2v) is 5.85. The average molecular weight is 258 g/mol. The van der Waals surface area contributed by atoms with E-state index in [1.54, 1.807) is 14.2 Å². The van der Waals surface area contributed by atoms with Crippen LogP contribution < -0.4 is 5.32 Å². The molecule has 1 aliphatic rings. The maximum atomic E-state index is 5.21. The minimum atomic E-state index is -0.148. The Labute approximate surface area is 112 Å². The summed E-state index contributed by atoms with van der Waals surface area (Å²) in [5.74, 6) is 0.823. The lowest BCUT2D eigenvalue weighted by molar-refractivity contribution is -0.100. The number of likely N-dealkylation sites (N-methyl/N-ethyl adjacent to an activating group) is 1. The van der Waals surface area contributed by atoms with Crippen LogP contribution in [0.25, 0.3) is 0 Å². The van der Waals surface area contributed by atoms with Crippen molar-refractivity contribution in [3.8, 4) is 0 Å². The minimum absolute atomic E-state index is 0.148. The normalized spacial score (nSPS) is 29.2. The monoisotopic (exact) mass is 258 g/mol. The molecule has 0 spiro atoms. The molecule has 2 atom stereocenters. The molecule has 2 unspecified atom stereocenters. The zero-order chi connectivity index (χ0) is 13.6. The van der Waals surface area contributed by atoms with Gasteiger partial charge in [-0.1, -0.05) is 19.8 Å². The van der Waals surface area contributed by atoms with Gasteiger partial charge in [0.05, 0.1) is 0 Å². The third kappa shape index (κ3) is 4.19. The maximum absolute atomic E-state index is 5.21. The third-order valence-corrected chi connectivity index (χ3v) is 4.31. The summed E-state index contributed by atoms with van der Waals surface area (Å²) in [4.78, 5) is 2.39. The maximum Gasteiger partial charge on any atom is 0.169 e. The topological polar surface area (TPSA) is 33.7 Å². The highest BCUT2D eigenvalue weighted by atomic mass is 16.7. The highest BCUT2D eigenvalue weighted by Gasteiger charge is 2.36. The molecule has 0 bridgehead atoms. The Morgan fingerprint density at radius 1 is 1.33 bits per heavy atom. The molecule has 0 saturated heterocycles. The van der Waals surface area contributed by atoms with E-state index < -0.39 is 0 Å². The summed E-state index contributed by atoms with van der Waals surface area (Å²) in [5.41, 5.74) is 0.295. The zero-order valence-corrected chi connectivity index (χ0v) is 12.7. The Hall–Kier alpha value is -0.160. The van der Waals surface area contributed by atoms with Crippen LogP contribution >= 0.6 is 0 Å². The molecule has 1 N–H and O–H groups in total. The average Bonchev–Trinajstić information content (AvgIpc) is 2.34. The first kappa shape index (κ1) is 15.9. The second kappa shape index (κ2) is 7.43. The third-order valence-electron chi connectivity index (χ3n) is 4.31. The SMILES string of the molecule is COC(CNCC1(N(C)C)CCCC(C)C1)OC. The fourth-order valence-corrected chi connectivity index (χ4v) is 3.04. The molecule has 4 nitrogen and oxygen atoms in total. The molecule has 4 heteroatoms. The largest absolute Gasteiger partial charge is 0.355 e. The summed E-state index contributed by atoms with van der Waals surface area (Å²) < 4.78 is 10.4. The molecule has 0 aliphatic heterocycles. The summed E-state index contributed by atoms with van der Waals surface area (Å²) >= 11 is 0. The van der Waals surface area contributed by atoms with E-state index in [0.717, 1.165) is 19.0 Å². The number of nitrogens with one attached hydrogen (secondary N) is 1. The van der Waals surface area contributed by atoms with Crippen LogP contribution in [-0.2, 0) is 9.47 Å². The summed E-state index contributed by atoms with van der Waals surface area (Å²) in [6.45, 7) is 4.12. The van der Waals surface area contributed by atoms with Crippen LogP contribution in [0.5, 0.6) is 0 Å². The van der Waals surface area contributed by atoms with E-state index in [2.05, 4.69) is 31.2 Å². The summed E-state index contributed by atoms with van der Waals surface area (Å²) in [6.07, 6.45) is 5.11. The molecule has 0 aromatic carbocycles. The lowest BCUT2D eigenvalue weighted by Gasteiger charge is -2.45. The van der Waals surface area contributed by atoms with E-state index in [1.807, 2.05) is 0 Å². The first-order chi connectivity index (χ1) is 8.54. The van der Waals surface area contributed by atoms with Gasteiger partial charge in [0, 0.05) is 32.8 Å². The van der Waals surface area contributed by atoms with E-state index in [1.165, 1.54) is 25.7 Å². The quantitative estimate of drug-likeness (QED) is 0.705. The molecule has 108 valence electrons. The van der Waals surface area contributed by atoms with Crippen molar-refractivity contribution in [2.24, 2.45) is 5.92 Å². The molecular formula is C14H30N2O2. The van der Waals surface area contributed by atoms with Gasteiger partial charge in [0.1, 0.15) is 0 Å². The predicted octanol–water partition coefficient (Wildman–Crippen LogP) is 1.71. The van der Waals surface area contributed by atoms with E-state index in [4.69, 9.17) is 9.47 Å². The summed E-state index contributed by atoms with van der Waals surface area (Å²) in [5, 5.41) is 3.51. The van der Waals surface area contributed by atoms with E-state index in [9.17, 15) is 0 Å². The highest BCUT2D eigenvalue weighted by molar-refractivity contribution is 4.94. The van der Waals surface area contributed by atoms with Crippen molar-refractivity contribution in [1.82, 2.24) is 10.2 Å². The lowest BCUT2D eigenvalue weighted by Crippen LogP contribution is -2.55. The number of nitrogens with zero attached hydrogens (tertiary/aromatic N) is 1. The molecular weight excluding hydrogens is 228 g/mol. The molecule has 1 saturated carbocycles. The van der Waals surface area contributed by atoms with Crippen LogP contribution in [-0.4, -0.2) is 58.1 Å². The molecule has 1 aliphatic carbocycles. The number of methoxy groups -OCH3 is 2. The molecule has 18 heavy (non-hydrogen) atoms. The van der Waals surface area contributed by atoms with Gasteiger partial charge >= 0.3 is 0 Å². The standard InChI is InChI=1S/C14H30N2O2/c1-12-7-6-8-14(9-12,16(2)3)11-15-10-13(17-4)18-5/h12-13,15H,6-11H2,1-5H3. The van der Waals surface area contributed by atoms with Crippen molar-refractivity contribution in [2.75, 3.05) is 41.4 Å². The van der Waals surface area contributed by atoms with Gasteiger partial charge in [-0.05, 0) is 32.9 Å². The highest BCUT2D eigenvalue weighted by Crippen LogP contribution is 2.35. The molecule has 0 amide bonds. The fraction of sp³-hybridized carbons (Fsp3) is 1.00. The van der Waals surface area contributed by atoms with Gasteiger partial charge in [-0.15, -0.1) is 0 Å². The Morgan fingerprint density at radius 2 is 2.00 bits per heavy atom. The van der Waals surface area contributed by atoms with Crippen molar-refractivity contribution < 1.29 is 9.47 Å². The predicted molar refractivity (Wildman–Crippen MR) is 74.7 cm³/mol. The van der Waals surface area contributed by atoms with Crippen molar-refractivity contribution in [1.29, 1.82) is 0 Å². The second-order valence-electron chi connectivity index (χ2n) is 5.85. The number of hydrogen-bond acceptors (Lipinski definition) is 4. The van der Waals surface area contributed by atoms with Crippen molar-refractivity contribution >= 4 is 0 Å². The fourth-order valence-electron chi connectivity index (χ4n) is 3.04. The van der Waals surface area contributed by atoms with Crippen LogP contribution in [0.4, 0.5) is 0 Å². The Morgan fingerprint density at radius 3 is 2.50 bits per heavy atom. The van der Waals surface area contributed by atoms with Crippen LogP contribution in [0.1, 0.15) is 32.6 Å². The van der Waals surface area contributed by atoms with Crippen LogP contribution in [0.15, 0.2) is 0 Å². The van der Waals surface area contributed by atoms with Gasteiger partial charge in [0.15, 0.2) is 6.29 Å². The van der Waals surface area contributed by atoms with Gasteiger partial charge in [-0.25, -0.2) is 0 Å². The van der Waals surface area contributed by atoms with Crippen LogP contribution in [0, 0.1) is 5.92 Å². The van der Waals surface area contributed by atoms with Gasteiger partial charge in [-0.3, -0.25) is 0 Å². The molecule has 0 heterocycles. The summed E-state index contributed by atoms with van der Waals surface area (Å²) in [7, 11) is 7.76. The summed E-state index contributed by atoms with van der Waals surface area (Å²) in [6, 6.07) is 0. The van der Waals surface area contributed by atoms with E-state index in [0.29, 0.717) is 5.54 Å².